The maximum atomic E-state index is 14.2. The fourth-order valence-electron chi connectivity index (χ4n) is 3.78. The van der Waals surface area contributed by atoms with Crippen molar-refractivity contribution >= 4 is 31.6 Å². The van der Waals surface area contributed by atoms with E-state index < -0.39 is 88.9 Å². The van der Waals surface area contributed by atoms with E-state index in [0.29, 0.717) is 18.2 Å². The summed E-state index contributed by atoms with van der Waals surface area (Å²) in [5.41, 5.74) is -5.14. The number of sulfone groups is 1. The van der Waals surface area contributed by atoms with Crippen molar-refractivity contribution in [2.24, 2.45) is 0 Å². The van der Waals surface area contributed by atoms with Crippen LogP contribution in [-0.2, 0) is 22.8 Å². The smallest absolute Gasteiger partial charge is 0.406 e. The average molecular weight is 539 g/mol. The molecule has 0 aliphatic carbocycles. The lowest BCUT2D eigenvalue weighted by molar-refractivity contribution is -0.144. The Kier molecular flexibility index (Phi) is 5.69. The Bertz CT molecular complexity index is 1750. The SMILES string of the molecule is O=c1[nH]c2c(S(=O)(=O)c3ccc4cc(CC(F)(F)F)n(CC(F)(F)F)c4c3)ccc(F)c2c(=O)n1O. The first-order chi connectivity index (χ1) is 16.5. The summed E-state index contributed by atoms with van der Waals surface area (Å²) in [6.45, 7) is -1.84. The summed E-state index contributed by atoms with van der Waals surface area (Å²) in [5, 5.41) is 8.33. The normalized spacial score (nSPS) is 13.1. The van der Waals surface area contributed by atoms with Crippen molar-refractivity contribution in [2.75, 3.05) is 0 Å². The zero-order valence-electron chi connectivity index (χ0n) is 17.4. The highest BCUT2D eigenvalue weighted by Gasteiger charge is 2.34. The molecule has 0 fully saturated rings. The van der Waals surface area contributed by atoms with E-state index in [4.69, 9.17) is 0 Å². The molecule has 0 amide bonds. The highest BCUT2D eigenvalue weighted by Crippen LogP contribution is 2.33. The fourth-order valence-corrected chi connectivity index (χ4v) is 5.21. The van der Waals surface area contributed by atoms with Crippen LogP contribution >= 0.6 is 0 Å². The van der Waals surface area contributed by atoms with Crippen molar-refractivity contribution in [3.05, 3.63) is 68.7 Å². The Hall–Kier alpha value is -3.82. The molecular formula is C20H12F7N3O5S. The first-order valence-corrected chi connectivity index (χ1v) is 11.2. The number of nitrogens with zero attached hydrogens (tertiary/aromatic N) is 2. The predicted molar refractivity (Wildman–Crippen MR) is 109 cm³/mol. The van der Waals surface area contributed by atoms with Crippen molar-refractivity contribution in [2.45, 2.75) is 35.1 Å². The minimum absolute atomic E-state index is 0.113. The monoisotopic (exact) mass is 539 g/mol. The third kappa shape index (κ3) is 4.43. The van der Waals surface area contributed by atoms with Gasteiger partial charge in [0.05, 0.1) is 21.7 Å². The van der Waals surface area contributed by atoms with Crippen LogP contribution < -0.4 is 11.2 Å². The van der Waals surface area contributed by atoms with Gasteiger partial charge in [-0.15, -0.1) is 0 Å². The quantitative estimate of drug-likeness (QED) is 0.234. The molecule has 4 rings (SSSR count). The number of hydrogen-bond donors (Lipinski definition) is 2. The molecule has 0 atom stereocenters. The van der Waals surface area contributed by atoms with Gasteiger partial charge in [0.1, 0.15) is 17.7 Å². The van der Waals surface area contributed by atoms with Crippen LogP contribution in [0.1, 0.15) is 5.69 Å². The maximum absolute atomic E-state index is 14.2. The first-order valence-electron chi connectivity index (χ1n) is 9.67. The molecule has 8 nitrogen and oxygen atoms in total. The highest BCUT2D eigenvalue weighted by atomic mass is 32.2. The number of halogens is 7. The molecule has 0 aliphatic rings. The van der Waals surface area contributed by atoms with Crippen LogP contribution in [0.25, 0.3) is 21.8 Å². The maximum Gasteiger partial charge on any atom is 0.406 e. The van der Waals surface area contributed by atoms with Gasteiger partial charge in [-0.25, -0.2) is 17.6 Å². The van der Waals surface area contributed by atoms with Crippen molar-refractivity contribution in [3.63, 3.8) is 0 Å². The summed E-state index contributed by atoms with van der Waals surface area (Å²) >= 11 is 0. The van der Waals surface area contributed by atoms with Crippen molar-refractivity contribution in [1.29, 1.82) is 0 Å². The first kappa shape index (κ1) is 25.3. The van der Waals surface area contributed by atoms with Crippen LogP contribution in [0.15, 0.2) is 55.8 Å². The van der Waals surface area contributed by atoms with Crippen molar-refractivity contribution in [1.82, 2.24) is 14.3 Å². The predicted octanol–water partition coefficient (Wildman–Crippen LogP) is 3.52. The number of H-pyrrole nitrogens is 1. The number of alkyl halides is 6. The summed E-state index contributed by atoms with van der Waals surface area (Å²) < 4.78 is 119. The molecule has 2 aromatic carbocycles. The summed E-state index contributed by atoms with van der Waals surface area (Å²) in [6, 6.07) is 4.67. The number of rotatable bonds is 4. The number of aromatic amines is 1. The topological polar surface area (TPSA) is 114 Å². The van der Waals surface area contributed by atoms with Gasteiger partial charge in [0.25, 0.3) is 5.56 Å². The van der Waals surface area contributed by atoms with E-state index in [1.807, 2.05) is 4.98 Å². The van der Waals surface area contributed by atoms with Gasteiger partial charge in [0, 0.05) is 11.2 Å². The Labute approximate surface area is 194 Å². The van der Waals surface area contributed by atoms with Crippen LogP contribution in [0.5, 0.6) is 0 Å². The van der Waals surface area contributed by atoms with Gasteiger partial charge in [-0.3, -0.25) is 4.79 Å². The van der Waals surface area contributed by atoms with E-state index in [9.17, 15) is 53.9 Å². The Balaban J connectivity index is 1.98. The Morgan fingerprint density at radius 2 is 1.61 bits per heavy atom. The molecule has 0 radical (unpaired) electrons. The molecule has 4 aromatic rings. The largest absolute Gasteiger partial charge is 0.421 e. The van der Waals surface area contributed by atoms with E-state index in [1.165, 1.54) is 0 Å². The van der Waals surface area contributed by atoms with Gasteiger partial charge >= 0.3 is 18.0 Å². The van der Waals surface area contributed by atoms with E-state index >= 15 is 0 Å². The van der Waals surface area contributed by atoms with Crippen LogP contribution in [0.3, 0.4) is 0 Å². The summed E-state index contributed by atoms with van der Waals surface area (Å²) in [6.07, 6.45) is -11.5. The molecule has 16 heteroatoms. The fraction of sp³-hybridized carbons (Fsp3) is 0.200. The molecule has 192 valence electrons. The highest BCUT2D eigenvalue weighted by molar-refractivity contribution is 7.91. The molecule has 0 aliphatic heterocycles. The molecule has 2 N–H and O–H groups in total. The number of nitrogens with one attached hydrogen (secondary N) is 1. The molecule has 0 saturated carbocycles. The summed E-state index contributed by atoms with van der Waals surface area (Å²) in [7, 11) is -4.79. The molecule has 0 saturated heterocycles. The van der Waals surface area contributed by atoms with Crippen LogP contribution in [0, 0.1) is 5.82 Å². The van der Waals surface area contributed by atoms with Gasteiger partial charge in [-0.2, -0.15) is 26.3 Å². The minimum atomic E-state index is -4.95. The van der Waals surface area contributed by atoms with E-state index in [2.05, 4.69) is 0 Å². The van der Waals surface area contributed by atoms with E-state index in [1.54, 1.807) is 0 Å². The molecule has 2 heterocycles. The zero-order valence-corrected chi connectivity index (χ0v) is 18.2. The lowest BCUT2D eigenvalue weighted by Gasteiger charge is -2.15. The van der Waals surface area contributed by atoms with Gasteiger partial charge in [0.15, 0.2) is 0 Å². The molecule has 2 aromatic heterocycles. The van der Waals surface area contributed by atoms with E-state index in [-0.39, 0.29) is 9.95 Å². The third-order valence-electron chi connectivity index (χ3n) is 5.23. The van der Waals surface area contributed by atoms with Gasteiger partial charge in [-0.05, 0) is 35.7 Å². The van der Waals surface area contributed by atoms with Crippen molar-refractivity contribution < 1.29 is 44.4 Å². The molecular weight excluding hydrogens is 527 g/mol. The Morgan fingerprint density at radius 3 is 2.22 bits per heavy atom. The number of fused-ring (bicyclic) bond motifs is 2. The lowest BCUT2D eigenvalue weighted by Crippen LogP contribution is -2.34. The number of aromatic nitrogens is 3. The third-order valence-corrected chi connectivity index (χ3v) is 7.02. The average Bonchev–Trinajstić information content (AvgIpc) is 3.05. The van der Waals surface area contributed by atoms with Gasteiger partial charge < -0.3 is 14.8 Å². The summed E-state index contributed by atoms with van der Waals surface area (Å²) in [4.78, 5) is 24.2. The zero-order chi connectivity index (χ0) is 26.8. The minimum Gasteiger partial charge on any atom is -0.421 e. The second-order valence-electron chi connectivity index (χ2n) is 7.70. The molecule has 0 bridgehead atoms. The van der Waals surface area contributed by atoms with Gasteiger partial charge in [0.2, 0.25) is 9.84 Å². The van der Waals surface area contributed by atoms with Crippen LogP contribution in [0.4, 0.5) is 30.7 Å². The molecule has 0 spiro atoms. The standard InChI is InChI=1S/C20H12F7N3O5S/c21-12-3-4-14(16-15(12)17(31)30(33)18(32)28-16)36(34,35)11-2-1-9-5-10(7-19(22,23)24)29(13(9)6-11)8-20(25,26)27/h1-6,33H,7-8H2,(H,28,32). The van der Waals surface area contributed by atoms with Crippen LogP contribution in [0.2, 0.25) is 0 Å². The number of hydrogen-bond acceptors (Lipinski definition) is 5. The second kappa shape index (κ2) is 8.11. The van der Waals surface area contributed by atoms with Crippen LogP contribution in [-0.4, -0.2) is 40.3 Å². The second-order valence-corrected chi connectivity index (χ2v) is 9.61. The van der Waals surface area contributed by atoms with E-state index in [0.717, 1.165) is 18.2 Å². The van der Waals surface area contributed by atoms with Gasteiger partial charge in [-0.1, -0.05) is 10.8 Å². The number of benzene rings is 2. The molecule has 0 unspecified atom stereocenters. The lowest BCUT2D eigenvalue weighted by atomic mass is 10.2. The Morgan fingerprint density at radius 1 is 0.944 bits per heavy atom. The molecule has 36 heavy (non-hydrogen) atoms. The van der Waals surface area contributed by atoms with Crippen molar-refractivity contribution in [3.8, 4) is 0 Å². The summed E-state index contributed by atoms with van der Waals surface area (Å²) in [5.74, 6) is -1.29.